The number of carbonyl (C=O) groups is 1. The van der Waals surface area contributed by atoms with Crippen LogP contribution in [-0.2, 0) is 6.54 Å². The Morgan fingerprint density at radius 2 is 1.80 bits per heavy atom. The van der Waals surface area contributed by atoms with Crippen molar-refractivity contribution in [3.63, 3.8) is 0 Å². The molecule has 10 nitrogen and oxygen atoms in total. The molecule has 4 aromatic rings. The number of carbonyl (C=O) groups excluding carboxylic acids is 1. The number of benzene rings is 2. The van der Waals surface area contributed by atoms with E-state index >= 15 is 0 Å². The van der Waals surface area contributed by atoms with Gasteiger partial charge in [0.2, 0.25) is 0 Å². The van der Waals surface area contributed by atoms with E-state index in [9.17, 15) is 9.90 Å². The van der Waals surface area contributed by atoms with Gasteiger partial charge in [-0.05, 0) is 69.0 Å². The first-order valence-electron chi connectivity index (χ1n) is 13.2. The molecule has 0 aliphatic rings. The van der Waals surface area contributed by atoms with Gasteiger partial charge in [-0.1, -0.05) is 0 Å². The quantitative estimate of drug-likeness (QED) is 0.0928. The van der Waals surface area contributed by atoms with E-state index in [1.807, 2.05) is 42.0 Å². The number of nitrogens with one attached hydrogen (secondary N) is 2. The normalized spacial score (nSPS) is 10.8. The Kier molecular flexibility index (Phi) is 10.1. The molecule has 0 spiro atoms. The first-order valence-corrected chi connectivity index (χ1v) is 14.0. The molecule has 2 aromatic heterocycles. The molecule has 2 heterocycles. The van der Waals surface area contributed by atoms with Gasteiger partial charge >= 0.3 is 0 Å². The molecule has 40 heavy (non-hydrogen) atoms. The molecule has 1 amide bonds. The number of rotatable bonds is 15. The van der Waals surface area contributed by atoms with Crippen molar-refractivity contribution in [3.8, 4) is 28.5 Å². The summed E-state index contributed by atoms with van der Waals surface area (Å²) in [6.45, 7) is 4.37. The average Bonchev–Trinajstić information content (AvgIpc) is 3.60. The van der Waals surface area contributed by atoms with Crippen molar-refractivity contribution in [2.45, 2.75) is 39.2 Å². The Morgan fingerprint density at radius 3 is 2.48 bits per heavy atom. The molecule has 0 aliphatic carbocycles. The number of thiazole rings is 1. The molecule has 0 fully saturated rings. The zero-order valence-electron chi connectivity index (χ0n) is 22.4. The largest absolute Gasteiger partial charge is 0.507 e. The van der Waals surface area contributed by atoms with E-state index in [2.05, 4.69) is 15.3 Å². The predicted octanol–water partition coefficient (Wildman–Crippen LogP) is 4.75. The van der Waals surface area contributed by atoms with E-state index in [4.69, 9.17) is 20.6 Å². The smallest absolute Gasteiger partial charge is 0.263 e. The van der Waals surface area contributed by atoms with Gasteiger partial charge in [0.05, 0.1) is 35.8 Å². The minimum absolute atomic E-state index is 0.0636. The lowest BCUT2D eigenvalue weighted by Gasteiger charge is -2.09. The van der Waals surface area contributed by atoms with Crippen LogP contribution in [0.2, 0.25) is 0 Å². The Balaban J connectivity index is 1.17. The van der Waals surface area contributed by atoms with Crippen LogP contribution in [0, 0.1) is 12.3 Å². The van der Waals surface area contributed by atoms with E-state index in [1.54, 1.807) is 24.7 Å². The highest BCUT2D eigenvalue weighted by Crippen LogP contribution is 2.29. The number of aryl methyl sites for hydroxylation is 2. The number of aromatic hydroxyl groups is 1. The number of unbranched alkanes of at least 4 members (excludes halogenated alkanes) is 2. The van der Waals surface area contributed by atoms with Crippen molar-refractivity contribution in [3.05, 3.63) is 76.6 Å². The van der Waals surface area contributed by atoms with Gasteiger partial charge in [-0.2, -0.15) is 0 Å². The second kappa shape index (κ2) is 14.1. The first-order chi connectivity index (χ1) is 19.4. The van der Waals surface area contributed by atoms with Crippen LogP contribution in [0.4, 0.5) is 0 Å². The van der Waals surface area contributed by atoms with Crippen molar-refractivity contribution in [2.75, 3.05) is 19.8 Å². The van der Waals surface area contributed by atoms with Gasteiger partial charge in [0.25, 0.3) is 5.91 Å². The third kappa shape index (κ3) is 8.06. The summed E-state index contributed by atoms with van der Waals surface area (Å²) in [7, 11) is 0. The number of imidazole rings is 1. The van der Waals surface area contributed by atoms with E-state index in [1.165, 1.54) is 17.4 Å². The molecular formula is C29H34N6O4S. The van der Waals surface area contributed by atoms with Crippen molar-refractivity contribution in [1.82, 2.24) is 19.9 Å². The summed E-state index contributed by atoms with van der Waals surface area (Å²) in [5.41, 5.74) is 7.26. The van der Waals surface area contributed by atoms with Crippen LogP contribution in [0.15, 0.2) is 61.2 Å². The lowest BCUT2D eigenvalue weighted by Crippen LogP contribution is -2.24. The summed E-state index contributed by atoms with van der Waals surface area (Å²) in [6.07, 6.45) is 8.87. The number of phenolic OH excluding ortho intramolecular Hbond substituents is 1. The molecule has 0 saturated carbocycles. The maximum Gasteiger partial charge on any atom is 0.263 e. The summed E-state index contributed by atoms with van der Waals surface area (Å²) in [6, 6.07) is 12.4. The maximum atomic E-state index is 12.8. The molecular weight excluding hydrogens is 528 g/mol. The summed E-state index contributed by atoms with van der Waals surface area (Å²) < 4.78 is 13.5. The topological polar surface area (TPSA) is 148 Å². The molecule has 0 bridgehead atoms. The fourth-order valence-corrected chi connectivity index (χ4v) is 4.90. The lowest BCUT2D eigenvalue weighted by molar-refractivity contribution is 0.0957. The number of nitrogen functional groups attached to an aromatic ring is 1. The van der Waals surface area contributed by atoms with Gasteiger partial charge in [-0.3, -0.25) is 10.2 Å². The number of hydrogen-bond acceptors (Lipinski definition) is 8. The van der Waals surface area contributed by atoms with Crippen LogP contribution >= 0.6 is 11.3 Å². The molecule has 2 aromatic carbocycles. The Bertz CT molecular complexity index is 1400. The Labute approximate surface area is 237 Å². The highest BCUT2D eigenvalue weighted by molar-refractivity contribution is 7.14. The van der Waals surface area contributed by atoms with Crippen molar-refractivity contribution in [1.29, 1.82) is 5.41 Å². The highest BCUT2D eigenvalue weighted by Gasteiger charge is 2.18. The summed E-state index contributed by atoms with van der Waals surface area (Å²) >= 11 is 1.40. The monoisotopic (exact) mass is 562 g/mol. The molecule has 210 valence electrons. The molecule has 0 atom stereocenters. The number of amidine groups is 1. The van der Waals surface area contributed by atoms with Crippen molar-refractivity contribution >= 4 is 23.1 Å². The van der Waals surface area contributed by atoms with E-state index in [0.717, 1.165) is 48.5 Å². The van der Waals surface area contributed by atoms with Crippen molar-refractivity contribution in [2.24, 2.45) is 5.73 Å². The number of nitrogens with zero attached hydrogens (tertiary/aromatic N) is 3. The molecule has 4 rings (SSSR count). The third-order valence-electron chi connectivity index (χ3n) is 6.09. The van der Waals surface area contributed by atoms with Gasteiger partial charge in [0, 0.05) is 37.1 Å². The van der Waals surface area contributed by atoms with Crippen LogP contribution < -0.4 is 20.5 Å². The minimum Gasteiger partial charge on any atom is -0.507 e. The zero-order valence-corrected chi connectivity index (χ0v) is 23.2. The Morgan fingerprint density at radius 1 is 1.07 bits per heavy atom. The number of hydrogen-bond donors (Lipinski definition) is 4. The van der Waals surface area contributed by atoms with Crippen molar-refractivity contribution < 1.29 is 19.4 Å². The molecule has 5 N–H and O–H groups in total. The second-order valence-electron chi connectivity index (χ2n) is 9.20. The van der Waals surface area contributed by atoms with Crippen LogP contribution in [0.1, 0.15) is 45.9 Å². The van der Waals surface area contributed by atoms with Gasteiger partial charge in [-0.15, -0.1) is 11.3 Å². The SMILES string of the molecule is Cc1nc(-c2ccc(OCCCCCOc3ccc(C(=N)N)c(O)c3)cc2)c(C(=O)NCCCn2ccnc2)s1. The number of aromatic nitrogens is 3. The van der Waals surface area contributed by atoms with E-state index in [-0.39, 0.29) is 17.5 Å². The standard InChI is InChI=1S/C29H34N6O4S/c1-20-34-26(27(40-20)29(37)33-12-5-14-35-15-13-32-19-35)21-6-8-22(9-7-21)38-16-3-2-4-17-39-23-10-11-24(28(30)31)25(36)18-23/h6-11,13,15,18-19,36H,2-5,12,14,16-17H2,1H3,(H3,30,31)(H,33,37). The minimum atomic E-state index is -0.182. The van der Waals surface area contributed by atoms with Gasteiger partial charge in [-0.25, -0.2) is 9.97 Å². The van der Waals surface area contributed by atoms with Crippen LogP contribution in [0.25, 0.3) is 11.3 Å². The van der Waals surface area contributed by atoms with Crippen LogP contribution in [0.5, 0.6) is 17.2 Å². The number of ether oxygens (including phenoxy) is 2. The van der Waals surface area contributed by atoms with Gasteiger partial charge in [0.15, 0.2) is 0 Å². The number of phenols is 1. The zero-order chi connectivity index (χ0) is 28.3. The molecule has 0 radical (unpaired) electrons. The van der Waals surface area contributed by atoms with Gasteiger partial charge < -0.3 is 30.2 Å². The van der Waals surface area contributed by atoms with Crippen LogP contribution in [-0.4, -0.2) is 51.1 Å². The van der Waals surface area contributed by atoms with Gasteiger partial charge in [0.1, 0.15) is 28.0 Å². The van der Waals surface area contributed by atoms with E-state index < -0.39 is 0 Å². The molecule has 0 saturated heterocycles. The summed E-state index contributed by atoms with van der Waals surface area (Å²) in [4.78, 5) is 22.1. The molecule has 11 heteroatoms. The maximum absolute atomic E-state index is 12.8. The van der Waals surface area contributed by atoms with Crippen LogP contribution in [0.3, 0.4) is 0 Å². The molecule has 0 unspecified atom stereocenters. The number of nitrogens with two attached hydrogens (primary N) is 1. The van der Waals surface area contributed by atoms with E-state index in [0.29, 0.717) is 41.6 Å². The fraction of sp³-hybridized carbons (Fsp3) is 0.310. The third-order valence-corrected chi connectivity index (χ3v) is 7.06. The summed E-state index contributed by atoms with van der Waals surface area (Å²) in [5.74, 6) is 0.948. The fourth-order valence-electron chi connectivity index (χ4n) is 4.04. The predicted molar refractivity (Wildman–Crippen MR) is 155 cm³/mol. The molecule has 0 aliphatic heterocycles. The summed E-state index contributed by atoms with van der Waals surface area (Å²) in [5, 5.41) is 21.1. The average molecular weight is 563 g/mol. The second-order valence-corrected chi connectivity index (χ2v) is 10.4. The Hall–Kier alpha value is -4.38. The lowest BCUT2D eigenvalue weighted by atomic mass is 10.1. The number of amides is 1. The highest BCUT2D eigenvalue weighted by atomic mass is 32.1. The first kappa shape index (κ1) is 28.6.